The quantitative estimate of drug-likeness (QED) is 0.717. The third-order valence-electron chi connectivity index (χ3n) is 2.86. The molecule has 0 bridgehead atoms. The molecule has 0 aliphatic carbocycles. The fourth-order valence-corrected chi connectivity index (χ4v) is 3.02. The summed E-state index contributed by atoms with van der Waals surface area (Å²) in [5.41, 5.74) is 4.46. The van der Waals surface area contributed by atoms with Crippen LogP contribution in [0.15, 0.2) is 34.2 Å². The predicted molar refractivity (Wildman–Crippen MR) is 73.4 cm³/mol. The highest BCUT2D eigenvalue weighted by molar-refractivity contribution is 7.99. The van der Waals surface area contributed by atoms with Gasteiger partial charge in [-0.15, -0.1) is 14.8 Å². The molecule has 96 valence electrons. The number of tetrazole rings is 1. The summed E-state index contributed by atoms with van der Waals surface area (Å²) < 4.78 is 1.45. The fourth-order valence-electron chi connectivity index (χ4n) is 2.12. The molecule has 2 aromatic heterocycles. The van der Waals surface area contributed by atoms with Crippen molar-refractivity contribution in [3.8, 4) is 0 Å². The second-order valence-electron chi connectivity index (χ2n) is 4.53. The summed E-state index contributed by atoms with van der Waals surface area (Å²) in [4.78, 5) is 1.24. The van der Waals surface area contributed by atoms with Gasteiger partial charge < -0.3 is 0 Å². The van der Waals surface area contributed by atoms with Crippen LogP contribution < -0.4 is 0 Å². The third-order valence-corrected chi connectivity index (χ3v) is 4.13. The highest BCUT2D eigenvalue weighted by atomic mass is 32.2. The molecule has 0 N–H and O–H groups in total. The maximum Gasteiger partial charge on any atom is 0.200 e. The van der Waals surface area contributed by atoms with Crippen LogP contribution in [-0.2, 0) is 0 Å². The Kier molecular flexibility index (Phi) is 2.94. The first-order chi connectivity index (χ1) is 9.13. The normalized spacial score (nSPS) is 11.1. The van der Waals surface area contributed by atoms with Crippen LogP contribution in [0.3, 0.4) is 0 Å². The molecule has 2 heterocycles. The van der Waals surface area contributed by atoms with Crippen LogP contribution >= 0.6 is 11.8 Å². The van der Waals surface area contributed by atoms with E-state index in [4.69, 9.17) is 0 Å². The van der Waals surface area contributed by atoms with Gasteiger partial charge in [-0.3, -0.25) is 0 Å². The Bertz CT molecular complexity index is 727. The lowest BCUT2D eigenvalue weighted by atomic mass is 10.1. The molecule has 1 aromatic carbocycles. The van der Waals surface area contributed by atoms with Crippen LogP contribution in [-0.4, -0.2) is 25.3 Å². The molecule has 0 radical (unpaired) electrons. The van der Waals surface area contributed by atoms with E-state index in [1.54, 1.807) is 11.8 Å². The summed E-state index contributed by atoms with van der Waals surface area (Å²) in [7, 11) is 0. The molecule has 0 aliphatic heterocycles. The molecule has 5 nitrogen and oxygen atoms in total. The molecule has 0 aliphatic rings. The highest BCUT2D eigenvalue weighted by Crippen LogP contribution is 2.32. The third kappa shape index (κ3) is 2.31. The Morgan fingerprint density at radius 3 is 2.53 bits per heavy atom. The molecule has 0 saturated heterocycles. The lowest BCUT2D eigenvalue weighted by Gasteiger charge is -2.09. The first-order valence-corrected chi connectivity index (χ1v) is 6.76. The van der Waals surface area contributed by atoms with Crippen molar-refractivity contribution in [3.05, 3.63) is 41.0 Å². The number of nitrogens with zero attached hydrogens (tertiary/aromatic N) is 5. The molecule has 0 saturated carbocycles. The van der Waals surface area contributed by atoms with Crippen molar-refractivity contribution in [2.75, 3.05) is 0 Å². The first kappa shape index (κ1) is 12.1. The average Bonchev–Trinajstić information content (AvgIpc) is 2.81. The summed E-state index contributed by atoms with van der Waals surface area (Å²) in [6, 6.07) is 8.18. The van der Waals surface area contributed by atoms with Crippen molar-refractivity contribution in [3.63, 3.8) is 0 Å². The van der Waals surface area contributed by atoms with Gasteiger partial charge in [0, 0.05) is 4.90 Å². The van der Waals surface area contributed by atoms with E-state index in [-0.39, 0.29) is 0 Å². The van der Waals surface area contributed by atoms with Crippen LogP contribution in [0.2, 0.25) is 0 Å². The van der Waals surface area contributed by atoms with E-state index in [1.807, 2.05) is 12.1 Å². The minimum Gasteiger partial charge on any atom is -0.140 e. The monoisotopic (exact) mass is 271 g/mol. The SMILES string of the molecule is Cc1cc(C)c(Sc2ccc3nnnn3n2)c(C)c1. The zero-order valence-electron chi connectivity index (χ0n) is 11.0. The van der Waals surface area contributed by atoms with Gasteiger partial charge in [-0.05, 0) is 54.5 Å². The Morgan fingerprint density at radius 2 is 1.79 bits per heavy atom. The minimum absolute atomic E-state index is 0.654. The van der Waals surface area contributed by atoms with E-state index >= 15 is 0 Å². The average molecular weight is 271 g/mol. The van der Waals surface area contributed by atoms with E-state index in [0.29, 0.717) is 5.65 Å². The van der Waals surface area contributed by atoms with Crippen molar-refractivity contribution in [2.45, 2.75) is 30.7 Å². The Hall–Kier alpha value is -1.95. The summed E-state index contributed by atoms with van der Waals surface area (Å²) in [6.07, 6.45) is 0. The number of fused-ring (bicyclic) bond motifs is 1. The van der Waals surface area contributed by atoms with Gasteiger partial charge in [0.1, 0.15) is 5.03 Å². The molecule has 6 heteroatoms. The van der Waals surface area contributed by atoms with E-state index in [0.717, 1.165) is 5.03 Å². The number of hydrogen-bond donors (Lipinski definition) is 0. The fraction of sp³-hybridized carbons (Fsp3) is 0.231. The highest BCUT2D eigenvalue weighted by Gasteiger charge is 2.08. The van der Waals surface area contributed by atoms with Crippen molar-refractivity contribution >= 4 is 17.4 Å². The van der Waals surface area contributed by atoms with Crippen LogP contribution in [0.1, 0.15) is 16.7 Å². The van der Waals surface area contributed by atoms with E-state index in [9.17, 15) is 0 Å². The summed E-state index contributed by atoms with van der Waals surface area (Å²) in [5.74, 6) is 0. The maximum atomic E-state index is 4.38. The number of hydrogen-bond acceptors (Lipinski definition) is 5. The number of aromatic nitrogens is 5. The summed E-state index contributed by atoms with van der Waals surface area (Å²) in [6.45, 7) is 6.36. The molecule has 0 spiro atoms. The van der Waals surface area contributed by atoms with Crippen LogP contribution in [0.5, 0.6) is 0 Å². The molecular formula is C13H13N5S. The summed E-state index contributed by atoms with van der Waals surface area (Å²) >= 11 is 1.64. The van der Waals surface area contributed by atoms with Crippen molar-refractivity contribution in [1.82, 2.24) is 25.3 Å². The van der Waals surface area contributed by atoms with Gasteiger partial charge in [0.2, 0.25) is 0 Å². The second kappa shape index (κ2) is 4.62. The van der Waals surface area contributed by atoms with Crippen molar-refractivity contribution < 1.29 is 0 Å². The zero-order chi connectivity index (χ0) is 13.4. The first-order valence-electron chi connectivity index (χ1n) is 5.94. The van der Waals surface area contributed by atoms with E-state index < -0.39 is 0 Å². The lowest BCUT2D eigenvalue weighted by Crippen LogP contribution is -1.96. The molecule has 0 fully saturated rings. The Morgan fingerprint density at radius 1 is 1.05 bits per heavy atom. The van der Waals surface area contributed by atoms with Gasteiger partial charge in [-0.1, -0.05) is 29.5 Å². The van der Waals surface area contributed by atoms with Crippen LogP contribution in [0, 0.1) is 20.8 Å². The molecule has 3 rings (SSSR count). The number of benzene rings is 1. The molecule has 0 amide bonds. The van der Waals surface area contributed by atoms with Gasteiger partial charge in [0.05, 0.1) is 0 Å². The van der Waals surface area contributed by atoms with Gasteiger partial charge >= 0.3 is 0 Å². The molecular weight excluding hydrogens is 258 g/mol. The Balaban J connectivity index is 2.00. The largest absolute Gasteiger partial charge is 0.200 e. The van der Waals surface area contributed by atoms with Crippen molar-refractivity contribution in [1.29, 1.82) is 0 Å². The molecule has 0 unspecified atom stereocenters. The maximum absolute atomic E-state index is 4.38. The van der Waals surface area contributed by atoms with E-state index in [1.165, 1.54) is 26.2 Å². The smallest absolute Gasteiger partial charge is 0.140 e. The summed E-state index contributed by atoms with van der Waals surface area (Å²) in [5, 5.41) is 16.5. The molecule has 19 heavy (non-hydrogen) atoms. The van der Waals surface area contributed by atoms with Crippen LogP contribution in [0.25, 0.3) is 5.65 Å². The second-order valence-corrected chi connectivity index (χ2v) is 5.56. The van der Waals surface area contributed by atoms with Gasteiger partial charge in [0.15, 0.2) is 5.65 Å². The topological polar surface area (TPSA) is 56.0 Å². The predicted octanol–water partition coefficient (Wildman–Crippen LogP) is 2.60. The van der Waals surface area contributed by atoms with Gasteiger partial charge in [-0.25, -0.2) is 0 Å². The molecule has 3 aromatic rings. The minimum atomic E-state index is 0.654. The zero-order valence-corrected chi connectivity index (χ0v) is 11.8. The standard InChI is InChI=1S/C13H13N5S/c1-8-6-9(2)13(10(3)7-8)19-12-5-4-11-14-16-17-18(11)15-12/h4-7H,1-3H3. The number of aryl methyl sites for hydroxylation is 3. The lowest BCUT2D eigenvalue weighted by molar-refractivity contribution is 0.702. The van der Waals surface area contributed by atoms with Crippen molar-refractivity contribution in [2.24, 2.45) is 0 Å². The Labute approximate surface area is 115 Å². The van der Waals surface area contributed by atoms with E-state index in [2.05, 4.69) is 53.5 Å². The number of rotatable bonds is 2. The van der Waals surface area contributed by atoms with Gasteiger partial charge in [0.25, 0.3) is 0 Å². The van der Waals surface area contributed by atoms with Gasteiger partial charge in [-0.2, -0.15) is 0 Å². The molecule has 0 atom stereocenters. The van der Waals surface area contributed by atoms with Crippen LogP contribution in [0.4, 0.5) is 0 Å².